The zero-order valence-electron chi connectivity index (χ0n) is 20.1. The predicted molar refractivity (Wildman–Crippen MR) is 123 cm³/mol. The fourth-order valence-electron chi connectivity index (χ4n) is 4.24. The van der Waals surface area contributed by atoms with Gasteiger partial charge in [-0.25, -0.2) is 0 Å². The Kier molecular flexibility index (Phi) is 8.98. The van der Waals surface area contributed by atoms with Crippen LogP contribution in [0, 0.1) is 0 Å². The number of piperazine rings is 2. The second-order valence-electron chi connectivity index (χ2n) is 8.29. The van der Waals surface area contributed by atoms with E-state index in [2.05, 4.69) is 19.4 Å². The van der Waals surface area contributed by atoms with E-state index in [4.69, 9.17) is 0 Å². The summed E-state index contributed by atoms with van der Waals surface area (Å²) < 4.78 is 9.29. The highest BCUT2D eigenvalue weighted by molar-refractivity contribution is 5.94. The van der Waals surface area contributed by atoms with E-state index in [1.807, 2.05) is 12.1 Å². The molecule has 0 aliphatic carbocycles. The standard InChI is InChI=1S/C23H31N5O7/c1-34-21(31)15-18-23(33)27(16-22(32)35-2)13-14-28(18)20(30)4-3-19(29)26-11-9-25(10-12-26)17-5-7-24-8-6-17/h5-8,18H,3-4,9-16H2,1-2H3. The first kappa shape index (κ1) is 25.9. The normalized spacial score (nSPS) is 18.3. The van der Waals surface area contributed by atoms with Gasteiger partial charge in [0.1, 0.15) is 12.6 Å². The number of nitrogens with zero attached hydrogens (tertiary/aromatic N) is 5. The van der Waals surface area contributed by atoms with Crippen LogP contribution in [0.4, 0.5) is 5.69 Å². The third kappa shape index (κ3) is 6.67. The molecule has 2 aliphatic heterocycles. The molecule has 2 aliphatic rings. The van der Waals surface area contributed by atoms with Crippen molar-refractivity contribution in [3.8, 4) is 0 Å². The number of rotatable bonds is 8. The molecule has 2 fully saturated rings. The van der Waals surface area contributed by atoms with Gasteiger partial charge in [-0.05, 0) is 12.1 Å². The number of carbonyl (C=O) groups is 5. The van der Waals surface area contributed by atoms with E-state index in [-0.39, 0.29) is 44.8 Å². The summed E-state index contributed by atoms with van der Waals surface area (Å²) in [5.74, 6) is -2.30. The minimum atomic E-state index is -1.09. The zero-order chi connectivity index (χ0) is 25.4. The van der Waals surface area contributed by atoms with Crippen LogP contribution in [0.3, 0.4) is 0 Å². The lowest BCUT2D eigenvalue weighted by Crippen LogP contribution is -2.60. The molecule has 0 bridgehead atoms. The fraction of sp³-hybridized carbons (Fsp3) is 0.565. The minimum Gasteiger partial charge on any atom is -0.469 e. The van der Waals surface area contributed by atoms with Gasteiger partial charge >= 0.3 is 11.9 Å². The molecule has 1 unspecified atom stereocenters. The smallest absolute Gasteiger partial charge is 0.325 e. The van der Waals surface area contributed by atoms with Crippen LogP contribution in [-0.2, 0) is 33.4 Å². The van der Waals surface area contributed by atoms with Gasteiger partial charge in [0.15, 0.2) is 0 Å². The van der Waals surface area contributed by atoms with E-state index >= 15 is 0 Å². The molecule has 35 heavy (non-hydrogen) atoms. The van der Waals surface area contributed by atoms with Crippen molar-refractivity contribution in [3.05, 3.63) is 24.5 Å². The van der Waals surface area contributed by atoms with Gasteiger partial charge in [0.2, 0.25) is 17.7 Å². The molecule has 190 valence electrons. The molecule has 1 aromatic heterocycles. The van der Waals surface area contributed by atoms with Crippen LogP contribution < -0.4 is 4.90 Å². The SMILES string of the molecule is COC(=O)CC1C(=O)N(CC(=O)OC)CCN1C(=O)CCC(=O)N1CCN(c2ccncc2)CC1. The van der Waals surface area contributed by atoms with Crippen molar-refractivity contribution in [2.75, 3.05) is 64.9 Å². The summed E-state index contributed by atoms with van der Waals surface area (Å²) in [5, 5.41) is 0. The monoisotopic (exact) mass is 489 g/mol. The van der Waals surface area contributed by atoms with Gasteiger partial charge in [-0.2, -0.15) is 0 Å². The van der Waals surface area contributed by atoms with E-state index < -0.39 is 29.8 Å². The summed E-state index contributed by atoms with van der Waals surface area (Å²) in [7, 11) is 2.41. The number of hydrogen-bond acceptors (Lipinski definition) is 9. The van der Waals surface area contributed by atoms with Gasteiger partial charge < -0.3 is 29.1 Å². The van der Waals surface area contributed by atoms with Crippen LogP contribution in [0.25, 0.3) is 0 Å². The summed E-state index contributed by atoms with van der Waals surface area (Å²) in [6.45, 7) is 2.46. The van der Waals surface area contributed by atoms with Gasteiger partial charge in [0, 0.05) is 70.2 Å². The van der Waals surface area contributed by atoms with Crippen LogP contribution in [0.15, 0.2) is 24.5 Å². The number of amides is 3. The number of anilines is 1. The maximum atomic E-state index is 13.0. The summed E-state index contributed by atoms with van der Waals surface area (Å²) in [6, 6.07) is 2.76. The molecule has 12 nitrogen and oxygen atoms in total. The van der Waals surface area contributed by atoms with Gasteiger partial charge in [-0.15, -0.1) is 0 Å². The number of pyridine rings is 1. The second-order valence-corrected chi connectivity index (χ2v) is 8.29. The summed E-state index contributed by atoms with van der Waals surface area (Å²) in [4.78, 5) is 72.6. The lowest BCUT2D eigenvalue weighted by Gasteiger charge is -2.40. The molecule has 0 spiro atoms. The molecular weight excluding hydrogens is 458 g/mol. The van der Waals surface area contributed by atoms with E-state index in [1.54, 1.807) is 17.3 Å². The van der Waals surface area contributed by atoms with Crippen LogP contribution in [0.2, 0.25) is 0 Å². The maximum absolute atomic E-state index is 13.0. The van der Waals surface area contributed by atoms with Gasteiger partial charge in [0.05, 0.1) is 20.6 Å². The van der Waals surface area contributed by atoms with Crippen LogP contribution in [0.5, 0.6) is 0 Å². The number of ether oxygens (including phenoxy) is 2. The first-order valence-corrected chi connectivity index (χ1v) is 11.5. The molecule has 0 aromatic carbocycles. The molecule has 3 rings (SSSR count). The lowest BCUT2D eigenvalue weighted by molar-refractivity contribution is -0.159. The molecule has 1 atom stereocenters. The molecule has 3 amide bonds. The van der Waals surface area contributed by atoms with Crippen molar-refractivity contribution in [1.82, 2.24) is 19.7 Å². The summed E-state index contributed by atoms with van der Waals surface area (Å²) >= 11 is 0. The number of carbonyl (C=O) groups excluding carboxylic acids is 5. The van der Waals surface area contributed by atoms with Crippen molar-refractivity contribution < 1.29 is 33.4 Å². The van der Waals surface area contributed by atoms with Gasteiger partial charge in [-0.1, -0.05) is 0 Å². The molecule has 12 heteroatoms. The zero-order valence-corrected chi connectivity index (χ0v) is 20.1. The molecule has 0 N–H and O–H groups in total. The van der Waals surface area contributed by atoms with Gasteiger partial charge in [-0.3, -0.25) is 29.0 Å². The Morgan fingerprint density at radius 1 is 0.886 bits per heavy atom. The maximum Gasteiger partial charge on any atom is 0.325 e. The molecule has 1 aromatic rings. The van der Waals surface area contributed by atoms with Crippen molar-refractivity contribution in [2.45, 2.75) is 25.3 Å². The van der Waals surface area contributed by atoms with E-state index in [9.17, 15) is 24.0 Å². The number of esters is 2. The highest BCUT2D eigenvalue weighted by Crippen LogP contribution is 2.19. The topological polar surface area (TPSA) is 130 Å². The van der Waals surface area contributed by atoms with Gasteiger partial charge in [0.25, 0.3) is 0 Å². The molecule has 3 heterocycles. The Morgan fingerprint density at radius 3 is 2.14 bits per heavy atom. The first-order valence-electron chi connectivity index (χ1n) is 11.5. The average molecular weight is 490 g/mol. The van der Waals surface area contributed by atoms with Crippen LogP contribution >= 0.6 is 0 Å². The second kappa shape index (κ2) is 12.1. The highest BCUT2D eigenvalue weighted by Gasteiger charge is 2.39. The van der Waals surface area contributed by atoms with E-state index in [0.717, 1.165) is 5.69 Å². The molecule has 2 saturated heterocycles. The Bertz CT molecular complexity index is 933. The predicted octanol–water partition coefficient (Wildman–Crippen LogP) is -0.714. The highest BCUT2D eigenvalue weighted by atomic mass is 16.5. The largest absolute Gasteiger partial charge is 0.469 e. The summed E-state index contributed by atoms with van der Waals surface area (Å²) in [6.07, 6.45) is 3.06. The van der Waals surface area contributed by atoms with Crippen LogP contribution in [0.1, 0.15) is 19.3 Å². The molecule has 0 saturated carbocycles. The van der Waals surface area contributed by atoms with Crippen molar-refractivity contribution >= 4 is 35.3 Å². The Labute approximate surface area is 203 Å². The van der Waals surface area contributed by atoms with E-state index in [0.29, 0.717) is 26.2 Å². The average Bonchev–Trinajstić information content (AvgIpc) is 2.89. The molecule has 0 radical (unpaired) electrons. The lowest BCUT2D eigenvalue weighted by atomic mass is 10.1. The van der Waals surface area contributed by atoms with Crippen molar-refractivity contribution in [2.24, 2.45) is 0 Å². The third-order valence-corrected chi connectivity index (χ3v) is 6.25. The summed E-state index contributed by atoms with van der Waals surface area (Å²) in [5.41, 5.74) is 1.05. The van der Waals surface area contributed by atoms with Crippen LogP contribution in [-0.4, -0.2) is 115 Å². The van der Waals surface area contributed by atoms with Crippen molar-refractivity contribution in [3.63, 3.8) is 0 Å². The molecular formula is C23H31N5O7. The number of hydrogen-bond donors (Lipinski definition) is 0. The Morgan fingerprint density at radius 2 is 1.51 bits per heavy atom. The number of aromatic nitrogens is 1. The first-order chi connectivity index (χ1) is 16.8. The Balaban J connectivity index is 1.54. The van der Waals surface area contributed by atoms with Crippen molar-refractivity contribution in [1.29, 1.82) is 0 Å². The Hall–Kier alpha value is -3.70. The quantitative estimate of drug-likeness (QED) is 0.435. The number of methoxy groups -OCH3 is 2. The van der Waals surface area contributed by atoms with E-state index in [1.165, 1.54) is 24.0 Å². The fourth-order valence-corrected chi connectivity index (χ4v) is 4.24. The third-order valence-electron chi connectivity index (χ3n) is 6.25. The minimum absolute atomic E-state index is 0.00952.